The zero-order valence-electron chi connectivity index (χ0n) is 9.96. The van der Waals surface area contributed by atoms with Gasteiger partial charge in [-0.1, -0.05) is 17.3 Å². The number of ether oxygens (including phenoxy) is 2. The molecule has 1 aromatic carbocycles. The van der Waals surface area contributed by atoms with E-state index in [1.54, 1.807) is 31.4 Å². The zero-order valence-corrected chi connectivity index (χ0v) is 9.96. The number of carbonyl (C=O) groups is 1. The lowest BCUT2D eigenvalue weighted by Gasteiger charge is -2.05. The lowest BCUT2D eigenvalue weighted by Crippen LogP contribution is -1.98. The molecular weight excluding hydrogens is 234 g/mol. The van der Waals surface area contributed by atoms with Crippen molar-refractivity contribution in [1.29, 1.82) is 0 Å². The summed E-state index contributed by atoms with van der Waals surface area (Å²) < 4.78 is 15.5. The first kappa shape index (κ1) is 12.3. The average Bonchev–Trinajstić information content (AvgIpc) is 2.85. The first-order valence-electron chi connectivity index (χ1n) is 5.44. The van der Waals surface area contributed by atoms with Gasteiger partial charge in [0.05, 0.1) is 5.56 Å². The van der Waals surface area contributed by atoms with Crippen molar-refractivity contribution in [2.75, 3.05) is 7.11 Å². The molecule has 0 saturated heterocycles. The lowest BCUT2D eigenvalue weighted by molar-refractivity contribution is 0.111. The summed E-state index contributed by atoms with van der Waals surface area (Å²) in [6, 6.07) is 8.78. The van der Waals surface area contributed by atoms with Gasteiger partial charge in [-0.2, -0.15) is 0 Å². The fraction of sp³-hybridized carbons (Fsp3) is 0.231. The van der Waals surface area contributed by atoms with E-state index in [2.05, 4.69) is 5.16 Å². The van der Waals surface area contributed by atoms with Crippen LogP contribution in [0.25, 0.3) is 0 Å². The van der Waals surface area contributed by atoms with Crippen molar-refractivity contribution >= 4 is 6.29 Å². The van der Waals surface area contributed by atoms with Gasteiger partial charge in [0.2, 0.25) is 0 Å². The largest absolute Gasteiger partial charge is 0.486 e. The molecule has 2 rings (SSSR count). The zero-order chi connectivity index (χ0) is 12.8. The number of nitrogens with zero attached hydrogens (tertiary/aromatic N) is 1. The predicted molar refractivity (Wildman–Crippen MR) is 63.4 cm³/mol. The van der Waals surface area contributed by atoms with E-state index in [1.165, 1.54) is 0 Å². The molecule has 0 atom stereocenters. The molecule has 2 aromatic rings. The highest BCUT2D eigenvalue weighted by Crippen LogP contribution is 2.17. The van der Waals surface area contributed by atoms with Crippen molar-refractivity contribution in [3.05, 3.63) is 47.3 Å². The number of aldehydes is 1. The summed E-state index contributed by atoms with van der Waals surface area (Å²) in [7, 11) is 1.58. The van der Waals surface area contributed by atoms with Crippen LogP contribution in [0.2, 0.25) is 0 Å². The Bertz CT molecular complexity index is 521. The van der Waals surface area contributed by atoms with Gasteiger partial charge in [-0.15, -0.1) is 0 Å². The second-order valence-corrected chi connectivity index (χ2v) is 3.66. The molecule has 0 amide bonds. The standard InChI is InChI=1S/C13H13NO4/c1-16-9-12-6-11(14-18-12)8-17-13-5-3-2-4-10(13)7-15/h2-7H,8-9H2,1H3. The maximum absolute atomic E-state index is 10.8. The highest BCUT2D eigenvalue weighted by Gasteiger charge is 2.06. The van der Waals surface area contributed by atoms with Gasteiger partial charge < -0.3 is 14.0 Å². The van der Waals surface area contributed by atoms with E-state index < -0.39 is 0 Å². The highest BCUT2D eigenvalue weighted by atomic mass is 16.5. The number of methoxy groups -OCH3 is 1. The minimum Gasteiger partial charge on any atom is -0.486 e. The molecule has 1 heterocycles. The maximum atomic E-state index is 10.8. The summed E-state index contributed by atoms with van der Waals surface area (Å²) in [6.45, 7) is 0.621. The smallest absolute Gasteiger partial charge is 0.162 e. The molecule has 0 aliphatic heterocycles. The maximum Gasteiger partial charge on any atom is 0.162 e. The van der Waals surface area contributed by atoms with E-state index in [0.717, 1.165) is 6.29 Å². The third-order valence-electron chi connectivity index (χ3n) is 2.32. The van der Waals surface area contributed by atoms with Crippen LogP contribution in [0, 0.1) is 0 Å². The topological polar surface area (TPSA) is 61.6 Å². The van der Waals surface area contributed by atoms with Crippen LogP contribution in [-0.2, 0) is 18.0 Å². The van der Waals surface area contributed by atoms with Gasteiger partial charge in [-0.3, -0.25) is 4.79 Å². The van der Waals surface area contributed by atoms with Gasteiger partial charge in [0.25, 0.3) is 0 Å². The Morgan fingerprint density at radius 2 is 2.17 bits per heavy atom. The molecule has 0 N–H and O–H groups in total. The molecule has 0 fully saturated rings. The summed E-state index contributed by atoms with van der Waals surface area (Å²) >= 11 is 0. The van der Waals surface area contributed by atoms with Crippen LogP contribution in [0.1, 0.15) is 21.8 Å². The molecule has 0 saturated carbocycles. The van der Waals surface area contributed by atoms with Crippen molar-refractivity contribution in [3.63, 3.8) is 0 Å². The Morgan fingerprint density at radius 3 is 2.94 bits per heavy atom. The number of aromatic nitrogens is 1. The number of rotatable bonds is 6. The van der Waals surface area contributed by atoms with E-state index in [1.807, 2.05) is 6.07 Å². The third-order valence-corrected chi connectivity index (χ3v) is 2.32. The van der Waals surface area contributed by atoms with Gasteiger partial charge >= 0.3 is 0 Å². The van der Waals surface area contributed by atoms with Crippen molar-refractivity contribution in [2.45, 2.75) is 13.2 Å². The number of hydrogen-bond donors (Lipinski definition) is 0. The third kappa shape index (κ3) is 2.95. The SMILES string of the molecule is COCc1cc(COc2ccccc2C=O)no1. The molecule has 18 heavy (non-hydrogen) atoms. The summed E-state index contributed by atoms with van der Waals surface area (Å²) in [5, 5.41) is 3.84. The van der Waals surface area contributed by atoms with E-state index in [9.17, 15) is 4.79 Å². The highest BCUT2D eigenvalue weighted by molar-refractivity contribution is 5.79. The van der Waals surface area contributed by atoms with E-state index in [0.29, 0.717) is 29.4 Å². The average molecular weight is 247 g/mol. The number of benzene rings is 1. The molecule has 94 valence electrons. The van der Waals surface area contributed by atoms with Crippen molar-refractivity contribution in [2.24, 2.45) is 0 Å². The normalized spacial score (nSPS) is 10.3. The summed E-state index contributed by atoms with van der Waals surface area (Å²) in [4.78, 5) is 10.8. The molecule has 0 spiro atoms. The summed E-state index contributed by atoms with van der Waals surface area (Å²) in [5.41, 5.74) is 1.17. The summed E-state index contributed by atoms with van der Waals surface area (Å²) in [6.07, 6.45) is 0.758. The Labute approximate surface area is 104 Å². The van der Waals surface area contributed by atoms with Crippen molar-refractivity contribution in [3.8, 4) is 5.75 Å². The first-order chi connectivity index (χ1) is 8.83. The van der Waals surface area contributed by atoms with E-state index in [-0.39, 0.29) is 6.61 Å². The van der Waals surface area contributed by atoms with Gasteiger partial charge in [0.1, 0.15) is 24.7 Å². The molecule has 0 aliphatic carbocycles. The van der Waals surface area contributed by atoms with Crippen LogP contribution in [-0.4, -0.2) is 18.6 Å². The Hall–Kier alpha value is -2.14. The molecule has 1 aromatic heterocycles. The molecule has 5 heteroatoms. The summed E-state index contributed by atoms with van der Waals surface area (Å²) in [5.74, 6) is 1.17. The quantitative estimate of drug-likeness (QED) is 0.732. The second-order valence-electron chi connectivity index (χ2n) is 3.66. The van der Waals surface area contributed by atoms with Gasteiger partial charge in [-0.05, 0) is 12.1 Å². The Balaban J connectivity index is 1.99. The van der Waals surface area contributed by atoms with Crippen LogP contribution in [0.15, 0.2) is 34.9 Å². The van der Waals surface area contributed by atoms with E-state index in [4.69, 9.17) is 14.0 Å². The van der Waals surface area contributed by atoms with Crippen molar-refractivity contribution < 1.29 is 18.8 Å². The molecule has 0 aliphatic rings. The molecule has 0 radical (unpaired) electrons. The molecular formula is C13H13NO4. The minimum absolute atomic E-state index is 0.248. The van der Waals surface area contributed by atoms with Crippen LogP contribution >= 0.6 is 0 Å². The predicted octanol–water partition coefficient (Wildman–Crippen LogP) is 2.21. The fourth-order valence-electron chi connectivity index (χ4n) is 1.50. The van der Waals surface area contributed by atoms with Gasteiger partial charge in [0.15, 0.2) is 12.0 Å². The van der Waals surface area contributed by atoms with Gasteiger partial charge in [0, 0.05) is 13.2 Å². The molecule has 0 unspecified atom stereocenters. The second kappa shape index (κ2) is 5.97. The number of hydrogen-bond acceptors (Lipinski definition) is 5. The molecule has 5 nitrogen and oxygen atoms in total. The monoisotopic (exact) mass is 247 g/mol. The van der Waals surface area contributed by atoms with Crippen LogP contribution in [0.5, 0.6) is 5.75 Å². The van der Waals surface area contributed by atoms with E-state index >= 15 is 0 Å². The van der Waals surface area contributed by atoms with Crippen LogP contribution < -0.4 is 4.74 Å². The lowest BCUT2D eigenvalue weighted by atomic mass is 10.2. The Morgan fingerprint density at radius 1 is 1.33 bits per heavy atom. The Kier molecular flexibility index (Phi) is 4.09. The van der Waals surface area contributed by atoms with Crippen LogP contribution in [0.3, 0.4) is 0 Å². The fourth-order valence-corrected chi connectivity index (χ4v) is 1.50. The number of carbonyl (C=O) groups excluding carboxylic acids is 1. The number of para-hydroxylation sites is 1. The van der Waals surface area contributed by atoms with Crippen LogP contribution in [0.4, 0.5) is 0 Å². The first-order valence-corrected chi connectivity index (χ1v) is 5.44. The minimum atomic E-state index is 0.248. The van der Waals surface area contributed by atoms with Crippen molar-refractivity contribution in [1.82, 2.24) is 5.16 Å². The molecule has 0 bridgehead atoms. The van der Waals surface area contributed by atoms with Gasteiger partial charge in [-0.25, -0.2) is 0 Å².